The smallest absolute Gasteiger partial charge is 0.338 e. The quantitative estimate of drug-likeness (QED) is 0.430. The van der Waals surface area contributed by atoms with E-state index in [1.807, 2.05) is 13.8 Å². The van der Waals surface area contributed by atoms with Crippen LogP contribution >= 0.6 is 0 Å². The van der Waals surface area contributed by atoms with Crippen LogP contribution in [-0.2, 0) is 14.2 Å². The molecular weight excluding hydrogens is 492 g/mol. The van der Waals surface area contributed by atoms with E-state index in [4.69, 9.17) is 23.7 Å². The molecule has 1 fully saturated rings. The SMILES string of the molecule is COc1ccc(O[C@@H]2O[C@H](COC(=O)c3ccc(C)cc3)[C@H](O)[C@H](O)[C@H]2OC(=O)c2ccc(C)cc2)cc1. The summed E-state index contributed by atoms with van der Waals surface area (Å²) in [5.41, 5.74) is 2.54. The van der Waals surface area contributed by atoms with Crippen molar-refractivity contribution in [3.05, 3.63) is 95.1 Å². The number of aryl methyl sites for hydroxylation is 2. The van der Waals surface area contributed by atoms with Gasteiger partial charge in [0, 0.05) is 0 Å². The molecule has 1 aliphatic rings. The number of aliphatic hydroxyl groups excluding tert-OH is 2. The Morgan fingerprint density at radius 2 is 1.29 bits per heavy atom. The highest BCUT2D eigenvalue weighted by atomic mass is 16.7. The topological polar surface area (TPSA) is 121 Å². The van der Waals surface area contributed by atoms with Gasteiger partial charge in [0.25, 0.3) is 0 Å². The molecule has 0 spiro atoms. The van der Waals surface area contributed by atoms with Crippen molar-refractivity contribution in [1.82, 2.24) is 0 Å². The normalized spacial score (nSPS) is 22.8. The first-order chi connectivity index (χ1) is 18.2. The fourth-order valence-corrected chi connectivity index (χ4v) is 3.86. The minimum atomic E-state index is -1.59. The number of methoxy groups -OCH3 is 1. The summed E-state index contributed by atoms with van der Waals surface area (Å²) in [6.45, 7) is 3.41. The van der Waals surface area contributed by atoms with Crippen LogP contribution in [0.1, 0.15) is 31.8 Å². The molecule has 1 saturated heterocycles. The molecule has 3 aromatic rings. The lowest BCUT2D eigenvalue weighted by Crippen LogP contribution is -2.61. The van der Waals surface area contributed by atoms with Gasteiger partial charge in [-0.15, -0.1) is 0 Å². The van der Waals surface area contributed by atoms with Gasteiger partial charge in [-0.25, -0.2) is 9.59 Å². The van der Waals surface area contributed by atoms with Crippen LogP contribution < -0.4 is 9.47 Å². The lowest BCUT2D eigenvalue weighted by Gasteiger charge is -2.41. The van der Waals surface area contributed by atoms with Crippen molar-refractivity contribution in [2.45, 2.75) is 44.6 Å². The highest BCUT2D eigenvalue weighted by molar-refractivity contribution is 5.90. The first-order valence-corrected chi connectivity index (χ1v) is 12.1. The number of benzene rings is 3. The largest absolute Gasteiger partial charge is 0.497 e. The first kappa shape index (κ1) is 27.1. The summed E-state index contributed by atoms with van der Waals surface area (Å²) in [7, 11) is 1.53. The van der Waals surface area contributed by atoms with Gasteiger partial charge in [0.1, 0.15) is 36.4 Å². The fourth-order valence-electron chi connectivity index (χ4n) is 3.86. The van der Waals surface area contributed by atoms with Crippen LogP contribution in [0.25, 0.3) is 0 Å². The maximum atomic E-state index is 12.8. The molecule has 1 aliphatic heterocycles. The molecule has 0 unspecified atom stereocenters. The lowest BCUT2D eigenvalue weighted by atomic mass is 9.99. The average Bonchev–Trinajstić information content (AvgIpc) is 2.93. The summed E-state index contributed by atoms with van der Waals surface area (Å²) in [5.74, 6) is -0.403. The lowest BCUT2D eigenvalue weighted by molar-refractivity contribution is -0.276. The molecule has 0 aliphatic carbocycles. The Labute approximate surface area is 220 Å². The zero-order valence-corrected chi connectivity index (χ0v) is 21.3. The number of hydrogen-bond acceptors (Lipinski definition) is 9. The van der Waals surface area contributed by atoms with Crippen LogP contribution in [0, 0.1) is 13.8 Å². The highest BCUT2D eigenvalue weighted by Gasteiger charge is 2.48. The molecule has 2 N–H and O–H groups in total. The molecule has 200 valence electrons. The summed E-state index contributed by atoms with van der Waals surface area (Å²) in [4.78, 5) is 25.3. The van der Waals surface area contributed by atoms with E-state index >= 15 is 0 Å². The molecule has 0 saturated carbocycles. The Bertz CT molecular complexity index is 1220. The molecule has 0 aromatic heterocycles. The molecule has 0 bridgehead atoms. The van der Waals surface area contributed by atoms with Crippen LogP contribution in [0.3, 0.4) is 0 Å². The maximum absolute atomic E-state index is 12.8. The maximum Gasteiger partial charge on any atom is 0.338 e. The van der Waals surface area contributed by atoms with E-state index in [-0.39, 0.29) is 12.2 Å². The van der Waals surface area contributed by atoms with E-state index in [0.717, 1.165) is 11.1 Å². The monoisotopic (exact) mass is 522 g/mol. The van der Waals surface area contributed by atoms with Crippen molar-refractivity contribution in [1.29, 1.82) is 0 Å². The van der Waals surface area contributed by atoms with Gasteiger partial charge in [0.2, 0.25) is 6.29 Å². The van der Waals surface area contributed by atoms with Crippen molar-refractivity contribution < 1.29 is 43.5 Å². The number of carbonyl (C=O) groups excluding carboxylic acids is 2. The minimum Gasteiger partial charge on any atom is -0.497 e. The summed E-state index contributed by atoms with van der Waals surface area (Å²) in [5, 5.41) is 21.7. The van der Waals surface area contributed by atoms with Gasteiger partial charge in [-0.2, -0.15) is 0 Å². The molecule has 3 aromatic carbocycles. The third-order valence-corrected chi connectivity index (χ3v) is 6.15. The molecular formula is C29H30O9. The van der Waals surface area contributed by atoms with E-state index in [9.17, 15) is 19.8 Å². The van der Waals surface area contributed by atoms with Gasteiger partial charge in [-0.05, 0) is 62.4 Å². The Balaban J connectivity index is 1.51. The molecule has 4 rings (SSSR count). The number of rotatable bonds is 8. The molecule has 0 radical (unpaired) electrons. The Morgan fingerprint density at radius 3 is 1.84 bits per heavy atom. The number of esters is 2. The van der Waals surface area contributed by atoms with Crippen molar-refractivity contribution in [3.8, 4) is 11.5 Å². The van der Waals surface area contributed by atoms with Crippen LogP contribution in [0.15, 0.2) is 72.8 Å². The van der Waals surface area contributed by atoms with Crippen molar-refractivity contribution >= 4 is 11.9 Å². The third kappa shape index (κ3) is 6.49. The van der Waals surface area contributed by atoms with Crippen LogP contribution in [0.5, 0.6) is 11.5 Å². The van der Waals surface area contributed by atoms with Gasteiger partial charge in [0.05, 0.1) is 18.2 Å². The minimum absolute atomic E-state index is 0.259. The number of ether oxygens (including phenoxy) is 5. The molecule has 5 atom stereocenters. The van der Waals surface area contributed by atoms with Gasteiger partial charge >= 0.3 is 11.9 Å². The highest BCUT2D eigenvalue weighted by Crippen LogP contribution is 2.28. The van der Waals surface area contributed by atoms with Crippen LogP contribution in [-0.4, -0.2) is 66.6 Å². The van der Waals surface area contributed by atoms with Crippen molar-refractivity contribution in [2.75, 3.05) is 13.7 Å². The molecule has 0 amide bonds. The van der Waals surface area contributed by atoms with Gasteiger partial charge in [-0.3, -0.25) is 0 Å². The number of carbonyl (C=O) groups is 2. The molecule has 1 heterocycles. The van der Waals surface area contributed by atoms with Gasteiger partial charge in [0.15, 0.2) is 6.10 Å². The summed E-state index contributed by atoms with van der Waals surface area (Å²) >= 11 is 0. The van der Waals surface area contributed by atoms with Crippen molar-refractivity contribution in [3.63, 3.8) is 0 Å². The summed E-state index contributed by atoms with van der Waals surface area (Å²) < 4.78 is 27.8. The van der Waals surface area contributed by atoms with Crippen molar-refractivity contribution in [2.24, 2.45) is 0 Å². The van der Waals surface area contributed by atoms with Gasteiger partial charge < -0.3 is 33.9 Å². The standard InChI is InChI=1S/C29H30O9/c1-17-4-8-19(9-5-17)27(32)35-16-23-24(30)25(31)26(38-28(33)20-10-6-18(2)7-11-20)29(37-23)36-22-14-12-21(34-3)13-15-22/h4-15,23-26,29-31H,16H2,1-3H3/t23-,24+,25+,26-,29-/m1/s1. The molecule has 9 heteroatoms. The Morgan fingerprint density at radius 1 is 0.763 bits per heavy atom. The Hall–Kier alpha value is -3.92. The van der Waals surface area contributed by atoms with E-state index in [0.29, 0.717) is 17.1 Å². The summed E-state index contributed by atoms with van der Waals surface area (Å²) in [6.07, 6.45) is -6.99. The Kier molecular flexibility index (Phi) is 8.62. The second kappa shape index (κ2) is 12.1. The molecule has 9 nitrogen and oxygen atoms in total. The predicted octanol–water partition coefficient (Wildman–Crippen LogP) is 3.22. The zero-order chi connectivity index (χ0) is 27.2. The fraction of sp³-hybridized carbons (Fsp3) is 0.310. The first-order valence-electron chi connectivity index (χ1n) is 12.1. The number of hydrogen-bond donors (Lipinski definition) is 2. The van der Waals surface area contributed by atoms with Crippen LogP contribution in [0.2, 0.25) is 0 Å². The third-order valence-electron chi connectivity index (χ3n) is 6.15. The second-order valence-corrected chi connectivity index (χ2v) is 9.02. The number of aliphatic hydroxyl groups is 2. The summed E-state index contributed by atoms with van der Waals surface area (Å²) in [6, 6.07) is 20.1. The average molecular weight is 523 g/mol. The predicted molar refractivity (Wildman–Crippen MR) is 136 cm³/mol. The van der Waals surface area contributed by atoms with Crippen LogP contribution in [0.4, 0.5) is 0 Å². The van der Waals surface area contributed by atoms with E-state index in [1.54, 1.807) is 72.8 Å². The van der Waals surface area contributed by atoms with Gasteiger partial charge in [-0.1, -0.05) is 35.4 Å². The van der Waals surface area contributed by atoms with E-state index in [2.05, 4.69) is 0 Å². The molecule has 38 heavy (non-hydrogen) atoms. The second-order valence-electron chi connectivity index (χ2n) is 9.02. The van der Waals surface area contributed by atoms with E-state index in [1.165, 1.54) is 7.11 Å². The van der Waals surface area contributed by atoms with E-state index < -0.39 is 42.6 Å². The zero-order valence-electron chi connectivity index (χ0n) is 21.3.